The van der Waals surface area contributed by atoms with E-state index >= 15 is 0 Å². The Labute approximate surface area is 158 Å². The first kappa shape index (κ1) is 17.7. The molecule has 27 heavy (non-hydrogen) atoms. The average molecular weight is 364 g/mol. The number of benzene rings is 1. The Morgan fingerprint density at radius 2 is 2.07 bits per heavy atom. The highest BCUT2D eigenvalue weighted by Gasteiger charge is 2.28. The molecule has 0 fully saturated rings. The number of carbonyl (C=O) groups excluding carboxylic acids is 1. The maximum atomic E-state index is 12.4. The topological polar surface area (TPSA) is 60.2 Å². The highest BCUT2D eigenvalue weighted by Crippen LogP contribution is 2.26. The quantitative estimate of drug-likeness (QED) is 0.651. The maximum absolute atomic E-state index is 12.4. The van der Waals surface area contributed by atoms with Crippen molar-refractivity contribution in [3.8, 4) is 0 Å². The van der Waals surface area contributed by atoms with Crippen molar-refractivity contribution < 1.29 is 9.53 Å². The summed E-state index contributed by atoms with van der Waals surface area (Å²) in [7, 11) is 0. The van der Waals surface area contributed by atoms with Crippen LogP contribution in [-0.4, -0.2) is 38.8 Å². The molecule has 0 spiro atoms. The molecule has 1 aliphatic heterocycles. The van der Waals surface area contributed by atoms with Gasteiger partial charge in [-0.1, -0.05) is 18.2 Å². The molecule has 0 amide bonds. The molecule has 0 radical (unpaired) electrons. The second-order valence-corrected chi connectivity index (χ2v) is 6.76. The van der Waals surface area contributed by atoms with E-state index in [1.54, 1.807) is 0 Å². The zero-order chi connectivity index (χ0) is 18.8. The first-order chi connectivity index (χ1) is 13.2. The number of rotatable bonds is 5. The zero-order valence-electron chi connectivity index (χ0n) is 15.8. The van der Waals surface area contributed by atoms with Gasteiger partial charge in [0.25, 0.3) is 0 Å². The van der Waals surface area contributed by atoms with Crippen LogP contribution in [0.4, 0.5) is 0 Å². The standard InChI is InChI=1S/C21H24N4O2/c1-3-25-19-10-12-24(14-17(19)20(23-25)21(26)27-4-2)13-15-9-11-22-18-8-6-5-7-16(15)18/h5-9,11H,3-4,10,12-14H2,1-2H3. The average Bonchev–Trinajstić information content (AvgIpc) is 3.07. The van der Waals surface area contributed by atoms with Gasteiger partial charge >= 0.3 is 5.97 Å². The van der Waals surface area contributed by atoms with Gasteiger partial charge in [-0.15, -0.1) is 0 Å². The van der Waals surface area contributed by atoms with Crippen LogP contribution in [0, 0.1) is 0 Å². The Kier molecular flexibility index (Phi) is 4.90. The van der Waals surface area contributed by atoms with Gasteiger partial charge in [0.15, 0.2) is 5.69 Å². The maximum Gasteiger partial charge on any atom is 0.359 e. The van der Waals surface area contributed by atoms with Gasteiger partial charge < -0.3 is 4.74 Å². The molecule has 6 nitrogen and oxygen atoms in total. The van der Waals surface area contributed by atoms with Crippen LogP contribution >= 0.6 is 0 Å². The van der Waals surface area contributed by atoms with E-state index in [1.165, 1.54) is 10.9 Å². The highest BCUT2D eigenvalue weighted by molar-refractivity contribution is 5.89. The summed E-state index contributed by atoms with van der Waals surface area (Å²) in [5.41, 5.74) is 4.91. The van der Waals surface area contributed by atoms with E-state index < -0.39 is 0 Å². The van der Waals surface area contributed by atoms with Gasteiger partial charge in [0, 0.05) is 55.4 Å². The fourth-order valence-corrected chi connectivity index (χ4v) is 3.84. The van der Waals surface area contributed by atoms with Crippen molar-refractivity contribution in [1.29, 1.82) is 0 Å². The Hall–Kier alpha value is -2.73. The minimum atomic E-state index is -0.322. The molecular weight excluding hydrogens is 340 g/mol. The summed E-state index contributed by atoms with van der Waals surface area (Å²) in [6.07, 6.45) is 2.75. The van der Waals surface area contributed by atoms with Crippen LogP contribution in [0.3, 0.4) is 0 Å². The van der Waals surface area contributed by atoms with Crippen LogP contribution in [0.1, 0.15) is 41.2 Å². The van der Waals surface area contributed by atoms with Gasteiger partial charge in [0.05, 0.1) is 12.1 Å². The third-order valence-corrected chi connectivity index (χ3v) is 5.11. The molecule has 0 atom stereocenters. The molecule has 3 aromatic rings. The minimum absolute atomic E-state index is 0.322. The molecule has 6 heteroatoms. The number of para-hydroxylation sites is 1. The first-order valence-corrected chi connectivity index (χ1v) is 9.52. The highest BCUT2D eigenvalue weighted by atomic mass is 16.5. The van der Waals surface area contributed by atoms with E-state index in [4.69, 9.17) is 4.74 Å². The molecule has 0 saturated heterocycles. The van der Waals surface area contributed by atoms with Crippen LogP contribution in [-0.2, 0) is 30.8 Å². The van der Waals surface area contributed by atoms with E-state index in [2.05, 4.69) is 34.0 Å². The largest absolute Gasteiger partial charge is 0.461 e. The summed E-state index contributed by atoms with van der Waals surface area (Å²) >= 11 is 0. The van der Waals surface area contributed by atoms with Crippen LogP contribution in [0.25, 0.3) is 10.9 Å². The van der Waals surface area contributed by atoms with Gasteiger partial charge in [0.1, 0.15) is 0 Å². The van der Waals surface area contributed by atoms with Crippen molar-refractivity contribution in [2.45, 2.75) is 39.9 Å². The third kappa shape index (κ3) is 3.32. The van der Waals surface area contributed by atoms with Gasteiger partial charge in [-0.2, -0.15) is 5.10 Å². The summed E-state index contributed by atoms with van der Waals surface area (Å²) in [4.78, 5) is 19.2. The molecule has 4 rings (SSSR count). The molecule has 0 aliphatic carbocycles. The summed E-state index contributed by atoms with van der Waals surface area (Å²) in [6, 6.07) is 10.3. The van der Waals surface area contributed by atoms with Gasteiger partial charge in [0.2, 0.25) is 0 Å². The lowest BCUT2D eigenvalue weighted by Gasteiger charge is -2.28. The molecule has 3 heterocycles. The summed E-state index contributed by atoms with van der Waals surface area (Å²) in [6.45, 7) is 7.47. The Balaban J connectivity index is 1.62. The van der Waals surface area contributed by atoms with Gasteiger partial charge in [-0.3, -0.25) is 14.6 Å². The molecule has 0 bridgehead atoms. The number of aromatic nitrogens is 3. The molecule has 1 aliphatic rings. The normalized spacial score (nSPS) is 14.3. The smallest absolute Gasteiger partial charge is 0.359 e. The fourth-order valence-electron chi connectivity index (χ4n) is 3.84. The number of nitrogens with zero attached hydrogens (tertiary/aromatic N) is 4. The van der Waals surface area contributed by atoms with Crippen molar-refractivity contribution in [1.82, 2.24) is 19.7 Å². The Morgan fingerprint density at radius 3 is 2.89 bits per heavy atom. The second kappa shape index (κ2) is 7.48. The van der Waals surface area contributed by atoms with Crippen molar-refractivity contribution in [3.05, 3.63) is 59.0 Å². The third-order valence-electron chi connectivity index (χ3n) is 5.11. The zero-order valence-corrected chi connectivity index (χ0v) is 15.8. The van der Waals surface area contributed by atoms with Crippen molar-refractivity contribution >= 4 is 16.9 Å². The summed E-state index contributed by atoms with van der Waals surface area (Å²) < 4.78 is 7.17. The predicted octanol–water partition coefficient (Wildman–Crippen LogP) is 3.19. The lowest BCUT2D eigenvalue weighted by atomic mass is 10.0. The molecule has 0 saturated carbocycles. The molecule has 2 aromatic heterocycles. The van der Waals surface area contributed by atoms with Crippen molar-refractivity contribution in [2.75, 3.05) is 13.2 Å². The molecular formula is C21H24N4O2. The van der Waals surface area contributed by atoms with Crippen LogP contribution < -0.4 is 0 Å². The summed E-state index contributed by atoms with van der Waals surface area (Å²) in [5.74, 6) is -0.322. The number of fused-ring (bicyclic) bond motifs is 2. The van der Waals surface area contributed by atoms with Crippen LogP contribution in [0.5, 0.6) is 0 Å². The Morgan fingerprint density at radius 1 is 1.22 bits per heavy atom. The SMILES string of the molecule is CCOC(=O)c1nn(CC)c2c1CN(Cc1ccnc3ccccc13)CC2. The number of hydrogen-bond donors (Lipinski definition) is 0. The molecule has 1 aromatic carbocycles. The van der Waals surface area contributed by atoms with E-state index in [0.29, 0.717) is 18.8 Å². The second-order valence-electron chi connectivity index (χ2n) is 6.76. The number of ether oxygens (including phenoxy) is 1. The Bertz CT molecular complexity index is 974. The van der Waals surface area contributed by atoms with Crippen molar-refractivity contribution in [2.24, 2.45) is 0 Å². The predicted molar refractivity (Wildman–Crippen MR) is 103 cm³/mol. The molecule has 0 N–H and O–H groups in total. The number of pyridine rings is 1. The summed E-state index contributed by atoms with van der Waals surface area (Å²) in [5, 5.41) is 5.71. The first-order valence-electron chi connectivity index (χ1n) is 9.52. The van der Waals surface area contributed by atoms with Gasteiger partial charge in [-0.25, -0.2) is 4.79 Å². The van der Waals surface area contributed by atoms with E-state index in [1.807, 2.05) is 36.0 Å². The number of carbonyl (C=O) groups is 1. The number of esters is 1. The minimum Gasteiger partial charge on any atom is -0.461 e. The number of aryl methyl sites for hydroxylation is 1. The van der Waals surface area contributed by atoms with E-state index in [0.717, 1.165) is 42.8 Å². The number of hydrogen-bond acceptors (Lipinski definition) is 5. The van der Waals surface area contributed by atoms with E-state index in [-0.39, 0.29) is 5.97 Å². The van der Waals surface area contributed by atoms with Crippen LogP contribution in [0.15, 0.2) is 36.5 Å². The molecule has 0 unspecified atom stereocenters. The van der Waals surface area contributed by atoms with E-state index in [9.17, 15) is 4.79 Å². The van der Waals surface area contributed by atoms with Crippen molar-refractivity contribution in [3.63, 3.8) is 0 Å². The van der Waals surface area contributed by atoms with Gasteiger partial charge in [-0.05, 0) is 31.5 Å². The molecule has 140 valence electrons. The monoisotopic (exact) mass is 364 g/mol. The van der Waals surface area contributed by atoms with Crippen LogP contribution in [0.2, 0.25) is 0 Å². The lowest BCUT2D eigenvalue weighted by Crippen LogP contribution is -2.31. The lowest BCUT2D eigenvalue weighted by molar-refractivity contribution is 0.0515. The fraction of sp³-hybridized carbons (Fsp3) is 0.381.